The summed E-state index contributed by atoms with van der Waals surface area (Å²) in [7, 11) is 0. The van der Waals surface area contributed by atoms with Crippen molar-refractivity contribution in [1.29, 1.82) is 0 Å². The van der Waals surface area contributed by atoms with Gasteiger partial charge in [0, 0.05) is 5.69 Å². The summed E-state index contributed by atoms with van der Waals surface area (Å²) in [4.78, 5) is 12.0. The lowest BCUT2D eigenvalue weighted by Crippen LogP contribution is -2.21. The van der Waals surface area contributed by atoms with Crippen LogP contribution in [0.1, 0.15) is 24.2 Å². The summed E-state index contributed by atoms with van der Waals surface area (Å²) < 4.78 is 80.4. The second-order valence-electron chi connectivity index (χ2n) is 4.92. The van der Waals surface area contributed by atoms with Gasteiger partial charge in [-0.05, 0) is 18.2 Å². The Morgan fingerprint density at radius 1 is 1.15 bits per heavy atom. The predicted octanol–water partition coefficient (Wildman–Crippen LogP) is 5.31. The molecule has 0 aliphatic carbocycles. The number of hydrogen-bond acceptors (Lipinski definition) is 3. The Morgan fingerprint density at radius 3 is 2.33 bits per heavy atom. The van der Waals surface area contributed by atoms with Crippen molar-refractivity contribution in [3.8, 4) is 5.75 Å². The van der Waals surface area contributed by atoms with Crippen LogP contribution in [-0.2, 0) is 11.3 Å². The van der Waals surface area contributed by atoms with Gasteiger partial charge in [0.15, 0.2) is 0 Å². The van der Waals surface area contributed by atoms with Gasteiger partial charge in [-0.2, -0.15) is 13.9 Å². The van der Waals surface area contributed by atoms with Crippen molar-refractivity contribution in [2.24, 2.45) is 0 Å². The van der Waals surface area contributed by atoms with Crippen LogP contribution in [0.25, 0.3) is 0 Å². The molecule has 148 valence electrons. The van der Waals surface area contributed by atoms with Gasteiger partial charge in [0.05, 0.1) is 10.0 Å². The minimum absolute atomic E-state index is 0.0255. The average molecular weight is 436 g/mol. The third-order valence-corrected chi connectivity index (χ3v) is 3.78. The van der Waals surface area contributed by atoms with E-state index in [1.165, 1.54) is 0 Å². The number of ether oxygens (including phenoxy) is 1. The first-order valence-corrected chi connectivity index (χ1v) is 7.72. The van der Waals surface area contributed by atoms with E-state index in [0.29, 0.717) is 4.68 Å². The molecule has 0 atom stereocenters. The second-order valence-corrected chi connectivity index (χ2v) is 5.70. The molecule has 0 fully saturated rings. The van der Waals surface area contributed by atoms with E-state index >= 15 is 0 Å². The first kappa shape index (κ1) is 21.2. The number of nitrogens with zero attached hydrogens (tertiary/aromatic N) is 2. The number of anilines is 1. The van der Waals surface area contributed by atoms with Crippen molar-refractivity contribution in [3.63, 3.8) is 0 Å². The number of nitrogens with one attached hydrogen (secondary N) is 1. The molecule has 1 amide bonds. The van der Waals surface area contributed by atoms with Crippen LogP contribution in [0.15, 0.2) is 18.2 Å². The van der Waals surface area contributed by atoms with Crippen LogP contribution >= 0.6 is 23.2 Å². The second kappa shape index (κ2) is 8.70. The van der Waals surface area contributed by atoms with E-state index in [4.69, 9.17) is 23.2 Å². The van der Waals surface area contributed by atoms with Gasteiger partial charge in [-0.25, -0.2) is 17.6 Å². The molecule has 1 aromatic heterocycles. The quantitative estimate of drug-likeness (QED) is 0.600. The standard InChI is InChI=1S/C14H9Cl2F6N3O2/c15-6-3-5(1-2-7(6)27-14(21)22)23-8(26)4-25-11(13(19)20)9(16)10(24-25)12(17)18/h1-3,12-14H,4H2,(H,23,26). The van der Waals surface area contributed by atoms with Crippen LogP contribution in [0.2, 0.25) is 10.0 Å². The number of alkyl halides is 6. The zero-order valence-corrected chi connectivity index (χ0v) is 14.4. The van der Waals surface area contributed by atoms with Gasteiger partial charge in [0.25, 0.3) is 12.9 Å². The van der Waals surface area contributed by atoms with Crippen LogP contribution in [-0.4, -0.2) is 22.3 Å². The number of carbonyl (C=O) groups is 1. The molecule has 0 unspecified atom stereocenters. The molecular weight excluding hydrogens is 427 g/mol. The fraction of sp³-hybridized carbons (Fsp3) is 0.286. The molecular formula is C14H9Cl2F6N3O2. The Hall–Kier alpha value is -2.14. The number of rotatable bonds is 7. The lowest BCUT2D eigenvalue weighted by atomic mass is 10.3. The van der Waals surface area contributed by atoms with Gasteiger partial charge in [-0.1, -0.05) is 23.2 Å². The molecule has 5 nitrogen and oxygen atoms in total. The summed E-state index contributed by atoms with van der Waals surface area (Å²) in [5.74, 6) is -1.26. The molecule has 27 heavy (non-hydrogen) atoms. The van der Waals surface area contributed by atoms with Crippen molar-refractivity contribution in [2.75, 3.05) is 5.32 Å². The van der Waals surface area contributed by atoms with Crippen LogP contribution < -0.4 is 10.1 Å². The maximum atomic E-state index is 13.0. The zero-order valence-electron chi connectivity index (χ0n) is 12.9. The molecule has 0 bridgehead atoms. The Labute approximate surface area is 157 Å². The molecule has 0 saturated carbocycles. The van der Waals surface area contributed by atoms with Gasteiger partial charge in [0.1, 0.15) is 23.7 Å². The highest BCUT2D eigenvalue weighted by molar-refractivity contribution is 6.32. The topological polar surface area (TPSA) is 56.2 Å². The van der Waals surface area contributed by atoms with E-state index in [1.807, 2.05) is 0 Å². The molecule has 1 heterocycles. The smallest absolute Gasteiger partial charge is 0.387 e. The summed E-state index contributed by atoms with van der Waals surface area (Å²) >= 11 is 11.2. The Morgan fingerprint density at radius 2 is 1.81 bits per heavy atom. The predicted molar refractivity (Wildman–Crippen MR) is 83.9 cm³/mol. The van der Waals surface area contributed by atoms with Crippen molar-refractivity contribution >= 4 is 34.8 Å². The van der Waals surface area contributed by atoms with E-state index in [-0.39, 0.29) is 16.5 Å². The zero-order chi connectivity index (χ0) is 20.3. The average Bonchev–Trinajstić information content (AvgIpc) is 2.86. The Bertz CT molecular complexity index is 831. The highest BCUT2D eigenvalue weighted by Gasteiger charge is 2.28. The van der Waals surface area contributed by atoms with E-state index in [0.717, 1.165) is 18.2 Å². The fourth-order valence-electron chi connectivity index (χ4n) is 2.05. The summed E-state index contributed by atoms with van der Waals surface area (Å²) in [6.45, 7) is -3.96. The summed E-state index contributed by atoms with van der Waals surface area (Å²) in [5, 5.41) is 4.30. The molecule has 2 rings (SSSR count). The van der Waals surface area contributed by atoms with Gasteiger partial charge < -0.3 is 10.1 Å². The van der Waals surface area contributed by atoms with E-state index in [2.05, 4.69) is 15.2 Å². The van der Waals surface area contributed by atoms with Crippen molar-refractivity contribution < 1.29 is 35.9 Å². The highest BCUT2D eigenvalue weighted by Crippen LogP contribution is 2.34. The summed E-state index contributed by atoms with van der Waals surface area (Å²) in [5.41, 5.74) is -2.07. The monoisotopic (exact) mass is 435 g/mol. The third kappa shape index (κ3) is 5.19. The van der Waals surface area contributed by atoms with Gasteiger partial charge in [0.2, 0.25) is 5.91 Å². The highest BCUT2D eigenvalue weighted by atomic mass is 35.5. The maximum Gasteiger partial charge on any atom is 0.387 e. The maximum absolute atomic E-state index is 13.0. The molecule has 0 aliphatic rings. The van der Waals surface area contributed by atoms with E-state index < -0.39 is 48.3 Å². The lowest BCUT2D eigenvalue weighted by Gasteiger charge is -2.10. The minimum Gasteiger partial charge on any atom is -0.433 e. The van der Waals surface area contributed by atoms with Crippen molar-refractivity contribution in [1.82, 2.24) is 9.78 Å². The molecule has 0 saturated heterocycles. The van der Waals surface area contributed by atoms with Gasteiger partial charge in [-0.3, -0.25) is 9.48 Å². The molecule has 0 aliphatic heterocycles. The Balaban J connectivity index is 2.16. The third-order valence-electron chi connectivity index (χ3n) is 3.09. The molecule has 2 aromatic rings. The van der Waals surface area contributed by atoms with E-state index in [9.17, 15) is 31.1 Å². The largest absolute Gasteiger partial charge is 0.433 e. The number of benzene rings is 1. The van der Waals surface area contributed by atoms with Gasteiger partial charge >= 0.3 is 6.61 Å². The van der Waals surface area contributed by atoms with Crippen LogP contribution in [0.5, 0.6) is 5.75 Å². The number of aromatic nitrogens is 2. The van der Waals surface area contributed by atoms with Crippen molar-refractivity contribution in [2.45, 2.75) is 26.0 Å². The number of amides is 1. The number of halogens is 8. The first-order valence-electron chi connectivity index (χ1n) is 6.96. The summed E-state index contributed by atoms with van der Waals surface area (Å²) in [6.07, 6.45) is -6.45. The minimum atomic E-state index is -3.24. The lowest BCUT2D eigenvalue weighted by molar-refractivity contribution is -0.117. The molecule has 1 N–H and O–H groups in total. The Kier molecular flexibility index (Phi) is 6.82. The van der Waals surface area contributed by atoms with Crippen LogP contribution in [0.3, 0.4) is 0 Å². The first-order chi connectivity index (χ1) is 12.6. The SMILES string of the molecule is O=C(Cn1nc(C(F)F)c(Cl)c1C(F)F)Nc1ccc(OC(F)F)c(Cl)c1. The van der Waals surface area contributed by atoms with Crippen molar-refractivity contribution in [3.05, 3.63) is 39.6 Å². The fourth-order valence-corrected chi connectivity index (χ4v) is 2.57. The van der Waals surface area contributed by atoms with Crippen LogP contribution in [0.4, 0.5) is 32.0 Å². The molecule has 0 spiro atoms. The number of hydrogen-bond donors (Lipinski definition) is 1. The molecule has 0 radical (unpaired) electrons. The normalized spacial score (nSPS) is 11.5. The molecule has 1 aromatic carbocycles. The van der Waals surface area contributed by atoms with Crippen LogP contribution in [0, 0.1) is 0 Å². The van der Waals surface area contributed by atoms with E-state index in [1.54, 1.807) is 0 Å². The number of carbonyl (C=O) groups excluding carboxylic acids is 1. The van der Waals surface area contributed by atoms with Gasteiger partial charge in [-0.15, -0.1) is 0 Å². The molecule has 13 heteroatoms. The summed E-state index contributed by atoms with van der Waals surface area (Å²) in [6, 6.07) is 3.29.